The highest BCUT2D eigenvalue weighted by Crippen LogP contribution is 2.64. The SMILES string of the molecule is Cc1cc(C)cc(N(c2ccc3c(c2)C(C)(C)c2cc(-c4ccccc4C)c4oc5ccccc5c4c2-3)c2ccc3c(c2)C(C)(C)c2c4c(c5oc6ccccc6c5c2-3)-c2ccccc2C4(C)C)c1. The van der Waals surface area contributed by atoms with Crippen LogP contribution in [-0.4, -0.2) is 0 Å². The molecule has 0 atom stereocenters. The van der Waals surface area contributed by atoms with Gasteiger partial charge in [0.25, 0.3) is 0 Å². The lowest BCUT2D eigenvalue weighted by Gasteiger charge is -2.32. The fourth-order valence-electron chi connectivity index (χ4n) is 13.5. The molecule has 0 fully saturated rings. The van der Waals surface area contributed by atoms with Crippen LogP contribution in [0.1, 0.15) is 91.6 Å². The maximum atomic E-state index is 6.99. The lowest BCUT2D eigenvalue weighted by atomic mass is 9.72. The first-order valence-electron chi connectivity index (χ1n) is 24.6. The summed E-state index contributed by atoms with van der Waals surface area (Å²) in [6.07, 6.45) is 0. The second-order valence-electron chi connectivity index (χ2n) is 21.8. The number of hydrogen-bond donors (Lipinski definition) is 0. The minimum absolute atomic E-state index is 0.222. The molecule has 3 heteroatoms. The Morgan fingerprint density at radius 2 is 0.870 bits per heavy atom. The van der Waals surface area contributed by atoms with Crippen molar-refractivity contribution < 1.29 is 8.83 Å². The summed E-state index contributed by atoms with van der Waals surface area (Å²) < 4.78 is 13.8. The average molecular weight is 892 g/mol. The Balaban J connectivity index is 0.997. The van der Waals surface area contributed by atoms with E-state index in [1.165, 1.54) is 105 Å². The van der Waals surface area contributed by atoms with Crippen molar-refractivity contribution in [3.8, 4) is 44.5 Å². The predicted molar refractivity (Wildman–Crippen MR) is 288 cm³/mol. The van der Waals surface area contributed by atoms with Gasteiger partial charge in [0.05, 0.1) is 0 Å². The van der Waals surface area contributed by atoms with E-state index in [1.807, 2.05) is 0 Å². The first kappa shape index (κ1) is 40.4. The van der Waals surface area contributed by atoms with Crippen molar-refractivity contribution in [2.24, 2.45) is 0 Å². The van der Waals surface area contributed by atoms with E-state index in [9.17, 15) is 0 Å². The van der Waals surface area contributed by atoms with E-state index in [0.29, 0.717) is 0 Å². The van der Waals surface area contributed by atoms with Crippen LogP contribution in [0.2, 0.25) is 0 Å². The summed E-state index contributed by atoms with van der Waals surface area (Å²) in [5.41, 5.74) is 28.3. The van der Waals surface area contributed by atoms with Crippen LogP contribution in [0.5, 0.6) is 0 Å². The first-order valence-corrected chi connectivity index (χ1v) is 24.6. The van der Waals surface area contributed by atoms with Crippen molar-refractivity contribution in [2.75, 3.05) is 4.90 Å². The third kappa shape index (κ3) is 5.23. The van der Waals surface area contributed by atoms with Gasteiger partial charge in [-0.1, -0.05) is 145 Å². The average Bonchev–Trinajstić information content (AvgIpc) is 4.08. The normalized spacial score (nSPS) is 15.4. The lowest BCUT2D eigenvalue weighted by Crippen LogP contribution is -2.24. The van der Waals surface area contributed by atoms with Gasteiger partial charge < -0.3 is 13.7 Å². The number of fused-ring (bicyclic) bond motifs is 19. The van der Waals surface area contributed by atoms with Gasteiger partial charge >= 0.3 is 0 Å². The highest BCUT2D eigenvalue weighted by atomic mass is 16.3. The monoisotopic (exact) mass is 891 g/mol. The zero-order valence-corrected chi connectivity index (χ0v) is 40.8. The van der Waals surface area contributed by atoms with Crippen LogP contribution >= 0.6 is 0 Å². The van der Waals surface area contributed by atoms with Crippen LogP contribution in [0, 0.1) is 20.8 Å². The number of anilines is 3. The number of furan rings is 2. The Morgan fingerprint density at radius 3 is 1.54 bits per heavy atom. The molecule has 69 heavy (non-hydrogen) atoms. The van der Waals surface area contributed by atoms with Gasteiger partial charge in [0.2, 0.25) is 0 Å². The molecule has 11 aromatic rings. The molecule has 0 unspecified atom stereocenters. The number of aryl methyl sites for hydroxylation is 3. The van der Waals surface area contributed by atoms with E-state index in [4.69, 9.17) is 8.83 Å². The molecule has 0 radical (unpaired) electrons. The van der Waals surface area contributed by atoms with Crippen molar-refractivity contribution in [3.63, 3.8) is 0 Å². The molecule has 0 N–H and O–H groups in total. The molecule has 14 rings (SSSR count). The zero-order chi connectivity index (χ0) is 47.0. The third-order valence-corrected chi connectivity index (χ3v) is 16.6. The van der Waals surface area contributed by atoms with Crippen molar-refractivity contribution in [1.82, 2.24) is 0 Å². The summed E-state index contributed by atoms with van der Waals surface area (Å²) in [4.78, 5) is 2.51. The predicted octanol–water partition coefficient (Wildman–Crippen LogP) is 18.5. The van der Waals surface area contributed by atoms with Crippen LogP contribution < -0.4 is 4.90 Å². The summed E-state index contributed by atoms with van der Waals surface area (Å²) in [5.74, 6) is 0. The number of benzene rings is 9. The molecule has 0 spiro atoms. The van der Waals surface area contributed by atoms with Gasteiger partial charge in [0, 0.05) is 66.0 Å². The molecule has 3 aliphatic carbocycles. The molecule has 3 aliphatic rings. The van der Waals surface area contributed by atoms with E-state index in [1.54, 1.807) is 0 Å². The van der Waals surface area contributed by atoms with Gasteiger partial charge in [0.1, 0.15) is 22.3 Å². The highest BCUT2D eigenvalue weighted by molar-refractivity contribution is 6.21. The van der Waals surface area contributed by atoms with Gasteiger partial charge in [-0.3, -0.25) is 0 Å². The third-order valence-electron chi connectivity index (χ3n) is 16.6. The summed E-state index contributed by atoms with van der Waals surface area (Å²) in [5, 5.41) is 4.75. The molecular weight excluding hydrogens is 839 g/mol. The van der Waals surface area contributed by atoms with Crippen LogP contribution in [-0.2, 0) is 16.2 Å². The topological polar surface area (TPSA) is 29.5 Å². The van der Waals surface area contributed by atoms with Crippen molar-refractivity contribution in [3.05, 3.63) is 208 Å². The molecular formula is C66H53NO2. The standard InChI is InChI=1S/C66H53NO2/c1-36-30-37(2)32-41(31-36)67(39-26-28-44-50(33-39)64(4,5)52-35-48(42-19-11-10-18-38(42)3)62-57(55(44)52)46-21-13-16-24-53(46)68-62)40-27-29-45-51(34-40)66(8,9)60-56(45)58-47-22-14-17-25-54(47)69-63(58)59-43-20-12-15-23-49(43)65(6,7)61(59)60/h10-35H,1-9H3. The molecule has 334 valence electrons. The zero-order valence-electron chi connectivity index (χ0n) is 40.8. The largest absolute Gasteiger partial charge is 0.455 e. The van der Waals surface area contributed by atoms with E-state index in [2.05, 4.69) is 225 Å². The van der Waals surface area contributed by atoms with Crippen molar-refractivity contribution >= 4 is 60.9 Å². The van der Waals surface area contributed by atoms with Gasteiger partial charge in [-0.05, 0) is 159 Å². The fraction of sp³-hybridized carbons (Fsp3) is 0.182. The van der Waals surface area contributed by atoms with E-state index >= 15 is 0 Å². The Labute approximate surface area is 403 Å². The van der Waals surface area contributed by atoms with Gasteiger partial charge in [0.15, 0.2) is 0 Å². The summed E-state index contributed by atoms with van der Waals surface area (Å²) in [6, 6.07) is 58.8. The number of para-hydroxylation sites is 2. The van der Waals surface area contributed by atoms with Gasteiger partial charge in [-0.15, -0.1) is 0 Å². The number of rotatable bonds is 4. The number of hydrogen-bond acceptors (Lipinski definition) is 3. The first-order chi connectivity index (χ1) is 33.2. The molecule has 0 saturated heterocycles. The molecule has 2 heterocycles. The smallest absolute Gasteiger partial charge is 0.144 e. The lowest BCUT2D eigenvalue weighted by molar-refractivity contribution is 0.600. The minimum Gasteiger partial charge on any atom is -0.455 e. The van der Waals surface area contributed by atoms with Crippen molar-refractivity contribution in [1.29, 1.82) is 0 Å². The Bertz CT molecular complexity index is 4070. The minimum atomic E-state index is -0.319. The van der Waals surface area contributed by atoms with E-state index < -0.39 is 0 Å². The number of nitrogens with zero attached hydrogens (tertiary/aromatic N) is 1. The van der Waals surface area contributed by atoms with Gasteiger partial charge in [-0.2, -0.15) is 0 Å². The Morgan fingerprint density at radius 1 is 0.362 bits per heavy atom. The second kappa shape index (κ2) is 13.5. The summed E-state index contributed by atoms with van der Waals surface area (Å²) >= 11 is 0. The van der Waals surface area contributed by atoms with E-state index in [0.717, 1.165) is 50.3 Å². The molecule has 0 aliphatic heterocycles. The fourth-order valence-corrected chi connectivity index (χ4v) is 13.5. The van der Waals surface area contributed by atoms with Crippen molar-refractivity contribution in [2.45, 2.75) is 78.6 Å². The molecule has 9 aromatic carbocycles. The second-order valence-corrected chi connectivity index (χ2v) is 21.8. The maximum Gasteiger partial charge on any atom is 0.144 e. The molecule has 0 amide bonds. The summed E-state index contributed by atoms with van der Waals surface area (Å²) in [7, 11) is 0. The Kier molecular flexibility index (Phi) is 7.94. The summed E-state index contributed by atoms with van der Waals surface area (Å²) in [6.45, 7) is 21.2. The van der Waals surface area contributed by atoms with Crippen LogP contribution in [0.15, 0.2) is 167 Å². The molecule has 3 nitrogen and oxygen atoms in total. The molecule has 0 saturated carbocycles. The molecule has 2 aromatic heterocycles. The van der Waals surface area contributed by atoms with E-state index in [-0.39, 0.29) is 16.2 Å². The van der Waals surface area contributed by atoms with Crippen LogP contribution in [0.3, 0.4) is 0 Å². The Hall–Kier alpha value is -7.62. The maximum absolute atomic E-state index is 6.99. The molecule has 0 bridgehead atoms. The van der Waals surface area contributed by atoms with Crippen LogP contribution in [0.25, 0.3) is 88.4 Å². The quantitative estimate of drug-likeness (QED) is 0.176. The van der Waals surface area contributed by atoms with Crippen LogP contribution in [0.4, 0.5) is 17.1 Å². The van der Waals surface area contributed by atoms with Gasteiger partial charge in [-0.25, -0.2) is 0 Å². The highest BCUT2D eigenvalue weighted by Gasteiger charge is 2.49.